The molecule has 0 atom stereocenters. The van der Waals surface area contributed by atoms with Gasteiger partial charge in [-0.15, -0.1) is 0 Å². The molecule has 6 heteroatoms. The molecule has 0 amide bonds. The average molecular weight is 327 g/mol. The van der Waals surface area contributed by atoms with Gasteiger partial charge >= 0.3 is 5.76 Å². The van der Waals surface area contributed by atoms with Crippen molar-refractivity contribution in [2.75, 3.05) is 0 Å². The Hall–Kier alpha value is -2.79. The monoisotopic (exact) mass is 326 g/mol. The fraction of sp³-hybridized carbons (Fsp3) is 0.0588. The Balaban J connectivity index is 1.70. The van der Waals surface area contributed by atoms with Crippen molar-refractivity contribution < 1.29 is 8.83 Å². The van der Waals surface area contributed by atoms with Crippen molar-refractivity contribution in [3.05, 3.63) is 76.1 Å². The van der Waals surface area contributed by atoms with Crippen molar-refractivity contribution >= 4 is 22.7 Å². The van der Waals surface area contributed by atoms with E-state index in [1.807, 2.05) is 30.3 Å². The Morgan fingerprint density at radius 2 is 2.00 bits per heavy atom. The second-order valence-electron chi connectivity index (χ2n) is 5.08. The average Bonchev–Trinajstić information content (AvgIpc) is 3.13. The minimum atomic E-state index is -0.418. The van der Waals surface area contributed by atoms with Crippen molar-refractivity contribution in [2.24, 2.45) is 0 Å². The van der Waals surface area contributed by atoms with Crippen LogP contribution in [0.5, 0.6) is 0 Å². The summed E-state index contributed by atoms with van der Waals surface area (Å²) >= 11 is 5.98. The minimum Gasteiger partial charge on any atom is -0.444 e. The maximum Gasteiger partial charge on any atom is 0.420 e. The van der Waals surface area contributed by atoms with Gasteiger partial charge in [0.2, 0.25) is 5.89 Å². The molecule has 4 rings (SSSR count). The summed E-state index contributed by atoms with van der Waals surface area (Å²) in [5, 5.41) is 0.610. The fourth-order valence-electron chi connectivity index (χ4n) is 2.46. The van der Waals surface area contributed by atoms with Crippen molar-refractivity contribution in [3.63, 3.8) is 0 Å². The first kappa shape index (κ1) is 13.8. The SMILES string of the molecule is O=c1oc2ccccc2n1Cc1coc(-c2cccc(Cl)c2)n1. The van der Waals surface area contributed by atoms with E-state index in [0.717, 1.165) is 11.1 Å². The van der Waals surface area contributed by atoms with E-state index in [4.69, 9.17) is 20.4 Å². The lowest BCUT2D eigenvalue weighted by atomic mass is 10.2. The first-order chi connectivity index (χ1) is 11.2. The quantitative estimate of drug-likeness (QED) is 0.572. The lowest BCUT2D eigenvalue weighted by molar-refractivity contribution is 0.515. The van der Waals surface area contributed by atoms with Gasteiger partial charge in [0, 0.05) is 10.6 Å². The fourth-order valence-corrected chi connectivity index (χ4v) is 2.65. The predicted molar refractivity (Wildman–Crippen MR) is 86.5 cm³/mol. The number of hydrogen-bond acceptors (Lipinski definition) is 4. The lowest BCUT2D eigenvalue weighted by Gasteiger charge is -1.98. The Bertz CT molecular complexity index is 1050. The highest BCUT2D eigenvalue weighted by Crippen LogP contribution is 2.22. The predicted octanol–water partition coefficient (Wildman–Crippen LogP) is 3.95. The zero-order valence-electron chi connectivity index (χ0n) is 11.9. The molecule has 0 fully saturated rings. The molecule has 0 aliphatic carbocycles. The number of aromatic nitrogens is 2. The van der Waals surface area contributed by atoms with E-state index in [9.17, 15) is 4.79 Å². The third-order valence-corrected chi connectivity index (χ3v) is 3.75. The summed E-state index contributed by atoms with van der Waals surface area (Å²) in [4.78, 5) is 16.4. The molecule has 114 valence electrons. The highest BCUT2D eigenvalue weighted by atomic mass is 35.5. The molecule has 2 aromatic carbocycles. The molecule has 23 heavy (non-hydrogen) atoms. The topological polar surface area (TPSA) is 61.2 Å². The number of benzene rings is 2. The summed E-state index contributed by atoms with van der Waals surface area (Å²) in [5.74, 6) is 0.0434. The van der Waals surface area contributed by atoms with Crippen LogP contribution in [0.4, 0.5) is 0 Å². The van der Waals surface area contributed by atoms with Crippen LogP contribution < -0.4 is 5.76 Å². The van der Waals surface area contributed by atoms with Gasteiger partial charge in [-0.3, -0.25) is 4.57 Å². The molecular formula is C17H11ClN2O3. The summed E-state index contributed by atoms with van der Waals surface area (Å²) < 4.78 is 12.2. The maximum atomic E-state index is 12.0. The van der Waals surface area contributed by atoms with E-state index in [-0.39, 0.29) is 6.54 Å². The number of halogens is 1. The molecule has 2 heterocycles. The first-order valence-corrected chi connectivity index (χ1v) is 7.37. The van der Waals surface area contributed by atoms with Gasteiger partial charge in [0.15, 0.2) is 5.58 Å². The number of hydrogen-bond donors (Lipinski definition) is 0. The Labute approximate surface area is 135 Å². The number of oxazole rings is 2. The lowest BCUT2D eigenvalue weighted by Crippen LogP contribution is -2.14. The summed E-state index contributed by atoms with van der Waals surface area (Å²) in [5.41, 5.74) is 2.70. The van der Waals surface area contributed by atoms with E-state index in [1.165, 1.54) is 10.8 Å². The van der Waals surface area contributed by atoms with Crippen LogP contribution in [0.15, 0.2) is 68.4 Å². The third-order valence-electron chi connectivity index (χ3n) is 3.52. The van der Waals surface area contributed by atoms with Gasteiger partial charge in [0.05, 0.1) is 17.8 Å². The number of rotatable bonds is 3. The molecule has 4 aromatic rings. The Kier molecular flexibility index (Phi) is 3.28. The molecule has 0 unspecified atom stereocenters. The van der Waals surface area contributed by atoms with Gasteiger partial charge in [-0.05, 0) is 30.3 Å². The maximum absolute atomic E-state index is 12.0. The van der Waals surface area contributed by atoms with Gasteiger partial charge < -0.3 is 8.83 Å². The molecule has 2 aromatic heterocycles. The molecule has 0 radical (unpaired) electrons. The van der Waals surface area contributed by atoms with Crippen LogP contribution in [-0.4, -0.2) is 9.55 Å². The summed E-state index contributed by atoms with van der Waals surface area (Å²) in [6, 6.07) is 14.5. The van der Waals surface area contributed by atoms with Crippen molar-refractivity contribution in [2.45, 2.75) is 6.54 Å². The highest BCUT2D eigenvalue weighted by Gasteiger charge is 2.12. The summed E-state index contributed by atoms with van der Waals surface area (Å²) in [6.07, 6.45) is 1.53. The standard InChI is InChI=1S/C17H11ClN2O3/c18-12-5-3-4-11(8-12)16-19-13(10-22-16)9-20-14-6-1-2-7-15(14)23-17(20)21/h1-8,10H,9H2. The number of para-hydroxylation sites is 2. The smallest absolute Gasteiger partial charge is 0.420 e. The van der Waals surface area contributed by atoms with E-state index in [0.29, 0.717) is 22.2 Å². The van der Waals surface area contributed by atoms with Crippen LogP contribution in [0, 0.1) is 0 Å². The van der Waals surface area contributed by atoms with E-state index in [1.54, 1.807) is 18.2 Å². The van der Waals surface area contributed by atoms with Gasteiger partial charge in [-0.1, -0.05) is 29.8 Å². The van der Waals surface area contributed by atoms with Crippen LogP contribution in [0.3, 0.4) is 0 Å². The largest absolute Gasteiger partial charge is 0.444 e. The second-order valence-corrected chi connectivity index (χ2v) is 5.51. The zero-order chi connectivity index (χ0) is 15.8. The molecule has 5 nitrogen and oxygen atoms in total. The number of nitrogens with zero attached hydrogens (tertiary/aromatic N) is 2. The van der Waals surface area contributed by atoms with Crippen molar-refractivity contribution in [3.8, 4) is 11.5 Å². The van der Waals surface area contributed by atoms with Crippen LogP contribution in [-0.2, 0) is 6.54 Å². The van der Waals surface area contributed by atoms with Crippen LogP contribution in [0.1, 0.15) is 5.69 Å². The van der Waals surface area contributed by atoms with E-state index >= 15 is 0 Å². The van der Waals surface area contributed by atoms with Crippen molar-refractivity contribution in [1.82, 2.24) is 9.55 Å². The Morgan fingerprint density at radius 3 is 2.87 bits per heavy atom. The van der Waals surface area contributed by atoms with Crippen LogP contribution in [0.2, 0.25) is 5.02 Å². The molecule has 0 saturated heterocycles. The molecule has 0 bridgehead atoms. The van der Waals surface area contributed by atoms with Gasteiger partial charge in [0.25, 0.3) is 0 Å². The molecule has 0 aliphatic rings. The number of fused-ring (bicyclic) bond motifs is 1. The van der Waals surface area contributed by atoms with Gasteiger partial charge in [-0.25, -0.2) is 9.78 Å². The third kappa shape index (κ3) is 2.55. The molecule has 0 aliphatic heterocycles. The van der Waals surface area contributed by atoms with E-state index < -0.39 is 5.76 Å². The van der Waals surface area contributed by atoms with Crippen LogP contribution >= 0.6 is 11.6 Å². The zero-order valence-corrected chi connectivity index (χ0v) is 12.7. The summed E-state index contributed by atoms with van der Waals surface area (Å²) in [7, 11) is 0. The van der Waals surface area contributed by atoms with E-state index in [2.05, 4.69) is 4.98 Å². The van der Waals surface area contributed by atoms with Crippen LogP contribution in [0.25, 0.3) is 22.6 Å². The highest BCUT2D eigenvalue weighted by molar-refractivity contribution is 6.30. The van der Waals surface area contributed by atoms with Crippen molar-refractivity contribution in [1.29, 1.82) is 0 Å². The molecular weight excluding hydrogens is 316 g/mol. The summed E-state index contributed by atoms with van der Waals surface area (Å²) in [6.45, 7) is 0.278. The Morgan fingerprint density at radius 1 is 1.13 bits per heavy atom. The molecule has 0 saturated carbocycles. The first-order valence-electron chi connectivity index (χ1n) is 6.99. The molecule has 0 spiro atoms. The van der Waals surface area contributed by atoms with Gasteiger partial charge in [0.1, 0.15) is 6.26 Å². The normalized spacial score (nSPS) is 11.2. The second kappa shape index (κ2) is 5.44. The molecule has 0 N–H and O–H groups in total. The minimum absolute atomic E-state index is 0.278. The van der Waals surface area contributed by atoms with Gasteiger partial charge in [-0.2, -0.15) is 0 Å².